The lowest BCUT2D eigenvalue weighted by Gasteiger charge is -2.40. The standard InChI is InChI=1S/C23H40N2O/c1-9-16(2)20(25-12-10-24-11-13-25)18-14-17(22(3,4)5)15-19(21(18)26)23(6,7)8/h14-16,20,24,26H,9-13H2,1-8H3/t16?,20-/m0/s1. The summed E-state index contributed by atoms with van der Waals surface area (Å²) in [5, 5.41) is 14.8. The largest absolute Gasteiger partial charge is 0.507 e. The van der Waals surface area contributed by atoms with Crippen LogP contribution in [0.5, 0.6) is 5.75 Å². The van der Waals surface area contributed by atoms with Gasteiger partial charge in [0.1, 0.15) is 5.75 Å². The first-order valence-electron chi connectivity index (χ1n) is 10.3. The van der Waals surface area contributed by atoms with Crippen LogP contribution in [0, 0.1) is 5.92 Å². The molecule has 1 aromatic rings. The van der Waals surface area contributed by atoms with Gasteiger partial charge in [0.2, 0.25) is 0 Å². The van der Waals surface area contributed by atoms with Crippen LogP contribution in [0.2, 0.25) is 0 Å². The molecule has 0 radical (unpaired) electrons. The van der Waals surface area contributed by atoms with Gasteiger partial charge in [-0.2, -0.15) is 0 Å². The van der Waals surface area contributed by atoms with Crippen molar-refractivity contribution in [3.05, 3.63) is 28.8 Å². The van der Waals surface area contributed by atoms with Crippen LogP contribution < -0.4 is 5.32 Å². The van der Waals surface area contributed by atoms with E-state index in [9.17, 15) is 5.11 Å². The van der Waals surface area contributed by atoms with Crippen LogP contribution in [0.25, 0.3) is 0 Å². The normalized spacial score (nSPS) is 19.4. The maximum atomic E-state index is 11.3. The summed E-state index contributed by atoms with van der Waals surface area (Å²) in [5.74, 6) is 1.01. The zero-order valence-electron chi connectivity index (χ0n) is 18.2. The third kappa shape index (κ3) is 4.61. The second-order valence-corrected chi connectivity index (χ2v) is 10.1. The van der Waals surface area contributed by atoms with Gasteiger partial charge in [0.15, 0.2) is 0 Å². The average molecular weight is 361 g/mol. The molecule has 1 saturated heterocycles. The average Bonchev–Trinajstić information content (AvgIpc) is 2.55. The van der Waals surface area contributed by atoms with Crippen molar-refractivity contribution in [3.63, 3.8) is 0 Å². The number of hydrogen-bond acceptors (Lipinski definition) is 3. The van der Waals surface area contributed by atoms with E-state index in [2.05, 4.69) is 77.7 Å². The Morgan fingerprint density at radius 3 is 2.08 bits per heavy atom. The van der Waals surface area contributed by atoms with Crippen LogP contribution in [-0.2, 0) is 10.8 Å². The van der Waals surface area contributed by atoms with E-state index in [1.165, 1.54) is 5.56 Å². The molecule has 1 aliphatic rings. The van der Waals surface area contributed by atoms with Gasteiger partial charge in [0.05, 0.1) is 0 Å². The van der Waals surface area contributed by atoms with Crippen molar-refractivity contribution in [2.24, 2.45) is 5.92 Å². The van der Waals surface area contributed by atoms with Crippen molar-refractivity contribution in [3.8, 4) is 5.75 Å². The van der Waals surface area contributed by atoms with Gasteiger partial charge in [0, 0.05) is 37.8 Å². The minimum atomic E-state index is -0.0798. The Hall–Kier alpha value is -1.06. The van der Waals surface area contributed by atoms with E-state index in [1.54, 1.807) is 0 Å². The summed E-state index contributed by atoms with van der Waals surface area (Å²) in [4.78, 5) is 2.57. The minimum absolute atomic E-state index is 0.0614. The van der Waals surface area contributed by atoms with E-state index in [0.29, 0.717) is 11.7 Å². The zero-order chi connectivity index (χ0) is 19.7. The van der Waals surface area contributed by atoms with Crippen LogP contribution in [0.4, 0.5) is 0 Å². The summed E-state index contributed by atoms with van der Waals surface area (Å²) < 4.78 is 0. The first kappa shape index (κ1) is 21.2. The Morgan fingerprint density at radius 2 is 1.62 bits per heavy atom. The molecule has 1 unspecified atom stereocenters. The van der Waals surface area contributed by atoms with Crippen molar-refractivity contribution in [1.29, 1.82) is 0 Å². The second kappa shape index (κ2) is 7.90. The van der Waals surface area contributed by atoms with Gasteiger partial charge < -0.3 is 10.4 Å². The Labute approximate surface area is 161 Å². The predicted molar refractivity (Wildman–Crippen MR) is 112 cm³/mol. The SMILES string of the molecule is CCC(C)[C@@H](c1cc(C(C)(C)C)cc(C(C)(C)C)c1O)N1CCNCC1. The molecule has 0 aromatic heterocycles. The fourth-order valence-corrected chi connectivity index (χ4v) is 3.93. The molecule has 3 heteroatoms. The van der Waals surface area contributed by atoms with E-state index in [0.717, 1.165) is 43.7 Å². The minimum Gasteiger partial charge on any atom is -0.507 e. The molecular weight excluding hydrogens is 320 g/mol. The molecular formula is C23H40N2O. The molecule has 3 nitrogen and oxygen atoms in total. The molecule has 2 N–H and O–H groups in total. The van der Waals surface area contributed by atoms with Gasteiger partial charge in [0.25, 0.3) is 0 Å². The van der Waals surface area contributed by atoms with Crippen molar-refractivity contribution >= 4 is 0 Å². The number of hydrogen-bond donors (Lipinski definition) is 2. The van der Waals surface area contributed by atoms with Gasteiger partial charge in [-0.15, -0.1) is 0 Å². The van der Waals surface area contributed by atoms with Gasteiger partial charge in [-0.3, -0.25) is 4.90 Å². The van der Waals surface area contributed by atoms with Gasteiger partial charge in [-0.1, -0.05) is 67.9 Å². The van der Waals surface area contributed by atoms with Crippen molar-refractivity contribution in [2.75, 3.05) is 26.2 Å². The Morgan fingerprint density at radius 1 is 1.04 bits per heavy atom. The fraction of sp³-hybridized carbons (Fsp3) is 0.739. The summed E-state index contributed by atoms with van der Waals surface area (Å²) in [6.45, 7) is 22.1. The van der Waals surface area contributed by atoms with Crippen molar-refractivity contribution in [1.82, 2.24) is 10.2 Å². The highest BCUT2D eigenvalue weighted by atomic mass is 16.3. The molecule has 2 rings (SSSR count). The first-order valence-corrected chi connectivity index (χ1v) is 10.3. The van der Waals surface area contributed by atoms with Gasteiger partial charge in [-0.05, 0) is 33.9 Å². The lowest BCUT2D eigenvalue weighted by atomic mass is 9.76. The summed E-state index contributed by atoms with van der Waals surface area (Å²) in [6.07, 6.45) is 1.11. The fourth-order valence-electron chi connectivity index (χ4n) is 3.93. The van der Waals surface area contributed by atoms with Gasteiger partial charge in [-0.25, -0.2) is 0 Å². The monoisotopic (exact) mass is 360 g/mol. The molecule has 0 spiro atoms. The highest BCUT2D eigenvalue weighted by molar-refractivity contribution is 5.50. The number of phenolic OH excluding ortho intramolecular Hbond substituents is 1. The van der Waals surface area contributed by atoms with E-state index < -0.39 is 0 Å². The van der Waals surface area contributed by atoms with Crippen LogP contribution >= 0.6 is 0 Å². The molecule has 1 aromatic carbocycles. The van der Waals surface area contributed by atoms with Crippen molar-refractivity contribution < 1.29 is 5.11 Å². The summed E-state index contributed by atoms with van der Waals surface area (Å²) in [7, 11) is 0. The molecule has 0 saturated carbocycles. The van der Waals surface area contributed by atoms with E-state index >= 15 is 0 Å². The predicted octanol–water partition coefficient (Wildman–Crippen LogP) is 4.98. The zero-order valence-corrected chi connectivity index (χ0v) is 18.2. The first-order chi connectivity index (χ1) is 12.0. The van der Waals surface area contributed by atoms with Crippen LogP contribution in [-0.4, -0.2) is 36.2 Å². The number of phenols is 1. The molecule has 1 heterocycles. The molecule has 0 aliphatic carbocycles. The molecule has 0 bridgehead atoms. The Bertz CT molecular complexity index is 604. The van der Waals surface area contributed by atoms with Crippen molar-refractivity contribution in [2.45, 2.75) is 78.7 Å². The number of piperazine rings is 1. The summed E-state index contributed by atoms with van der Waals surface area (Å²) in [5.41, 5.74) is 3.50. The topological polar surface area (TPSA) is 35.5 Å². The van der Waals surface area contributed by atoms with Crippen LogP contribution in [0.15, 0.2) is 12.1 Å². The van der Waals surface area contributed by atoms with Crippen LogP contribution in [0.1, 0.15) is 84.5 Å². The highest BCUT2D eigenvalue weighted by Crippen LogP contribution is 2.43. The molecule has 26 heavy (non-hydrogen) atoms. The Balaban J connectivity index is 2.66. The number of rotatable bonds is 4. The number of benzene rings is 1. The quantitative estimate of drug-likeness (QED) is 0.795. The maximum Gasteiger partial charge on any atom is 0.124 e. The third-order valence-electron chi connectivity index (χ3n) is 5.86. The smallest absolute Gasteiger partial charge is 0.124 e. The van der Waals surface area contributed by atoms with E-state index in [1.807, 2.05) is 0 Å². The lowest BCUT2D eigenvalue weighted by Crippen LogP contribution is -2.46. The van der Waals surface area contributed by atoms with E-state index in [-0.39, 0.29) is 16.9 Å². The number of nitrogens with zero attached hydrogens (tertiary/aromatic N) is 1. The number of nitrogens with one attached hydrogen (secondary N) is 1. The summed E-state index contributed by atoms with van der Waals surface area (Å²) >= 11 is 0. The van der Waals surface area contributed by atoms with Gasteiger partial charge >= 0.3 is 0 Å². The second-order valence-electron chi connectivity index (χ2n) is 10.1. The third-order valence-corrected chi connectivity index (χ3v) is 5.86. The highest BCUT2D eigenvalue weighted by Gasteiger charge is 2.33. The Kier molecular flexibility index (Phi) is 6.45. The lowest BCUT2D eigenvalue weighted by molar-refractivity contribution is 0.126. The molecule has 0 amide bonds. The summed E-state index contributed by atoms with van der Waals surface area (Å²) in [6, 6.07) is 4.78. The number of aromatic hydroxyl groups is 1. The molecule has 2 atom stereocenters. The maximum absolute atomic E-state index is 11.3. The van der Waals surface area contributed by atoms with E-state index in [4.69, 9.17) is 0 Å². The molecule has 1 aliphatic heterocycles. The molecule has 148 valence electrons. The van der Waals surface area contributed by atoms with Crippen LogP contribution in [0.3, 0.4) is 0 Å². The molecule has 1 fully saturated rings.